The molecule has 2 unspecified atom stereocenters. The third-order valence-electron chi connectivity index (χ3n) is 5.10. The van der Waals surface area contributed by atoms with E-state index in [1.165, 1.54) is 19.3 Å². The van der Waals surface area contributed by atoms with Gasteiger partial charge in [-0.05, 0) is 44.4 Å². The monoisotopic (exact) mass is 305 g/mol. The van der Waals surface area contributed by atoms with Gasteiger partial charge in [-0.3, -0.25) is 0 Å². The zero-order valence-electron chi connectivity index (χ0n) is 11.4. The third-order valence-corrected chi connectivity index (χ3v) is 7.59. The fourth-order valence-corrected chi connectivity index (χ4v) is 7.06. The molecule has 0 aromatic heterocycles. The van der Waals surface area contributed by atoms with E-state index in [1.807, 2.05) is 4.31 Å². The zero-order valence-corrected chi connectivity index (χ0v) is 13.0. The summed E-state index contributed by atoms with van der Waals surface area (Å²) in [5, 5.41) is 0.179. The van der Waals surface area contributed by atoms with Crippen molar-refractivity contribution in [3.05, 3.63) is 0 Å². The van der Waals surface area contributed by atoms with Crippen LogP contribution in [0.3, 0.4) is 0 Å². The molecule has 19 heavy (non-hydrogen) atoms. The van der Waals surface area contributed by atoms with Crippen molar-refractivity contribution < 1.29 is 8.42 Å². The molecule has 1 aliphatic carbocycles. The maximum Gasteiger partial charge on any atom is 0.214 e. The molecular formula is C14H24ClNO2S. The SMILES string of the molecule is O=S(=O)(CC1CCCCC1)N1C2CCC1CC(Cl)C2. The molecule has 0 spiro atoms. The summed E-state index contributed by atoms with van der Waals surface area (Å²) in [5.41, 5.74) is 0. The van der Waals surface area contributed by atoms with Crippen molar-refractivity contribution in [2.75, 3.05) is 5.75 Å². The second-order valence-corrected chi connectivity index (χ2v) is 9.10. The molecule has 2 heterocycles. The van der Waals surface area contributed by atoms with E-state index >= 15 is 0 Å². The van der Waals surface area contributed by atoms with E-state index in [4.69, 9.17) is 11.6 Å². The van der Waals surface area contributed by atoms with Gasteiger partial charge < -0.3 is 0 Å². The molecule has 2 atom stereocenters. The first kappa shape index (κ1) is 14.2. The van der Waals surface area contributed by atoms with Crippen molar-refractivity contribution in [2.24, 2.45) is 5.92 Å². The number of hydrogen-bond donors (Lipinski definition) is 0. The average molecular weight is 306 g/mol. The molecule has 3 rings (SSSR count). The number of alkyl halides is 1. The molecule has 0 aromatic rings. The summed E-state index contributed by atoms with van der Waals surface area (Å²) < 4.78 is 27.3. The molecule has 2 aliphatic heterocycles. The number of sulfonamides is 1. The van der Waals surface area contributed by atoms with Gasteiger partial charge in [0.1, 0.15) is 0 Å². The van der Waals surface area contributed by atoms with Crippen LogP contribution in [0.2, 0.25) is 0 Å². The van der Waals surface area contributed by atoms with Gasteiger partial charge in [-0.25, -0.2) is 8.42 Å². The number of fused-ring (bicyclic) bond motifs is 2. The lowest BCUT2D eigenvalue weighted by molar-refractivity contribution is 0.248. The second-order valence-electron chi connectivity index (χ2n) is 6.57. The number of halogens is 1. The van der Waals surface area contributed by atoms with Crippen LogP contribution < -0.4 is 0 Å². The minimum Gasteiger partial charge on any atom is -0.212 e. The highest BCUT2D eigenvalue weighted by atomic mass is 35.5. The van der Waals surface area contributed by atoms with Gasteiger partial charge in [0.05, 0.1) is 5.75 Å². The van der Waals surface area contributed by atoms with Crippen molar-refractivity contribution in [3.8, 4) is 0 Å². The van der Waals surface area contributed by atoms with Crippen LogP contribution in [-0.4, -0.2) is 35.9 Å². The van der Waals surface area contributed by atoms with Crippen LogP contribution >= 0.6 is 11.6 Å². The predicted octanol–water partition coefficient (Wildman–Crippen LogP) is 3.13. The Kier molecular flexibility index (Phi) is 4.12. The molecule has 2 bridgehead atoms. The summed E-state index contributed by atoms with van der Waals surface area (Å²) in [4.78, 5) is 0. The molecule has 2 saturated heterocycles. The smallest absolute Gasteiger partial charge is 0.212 e. The highest BCUT2D eigenvalue weighted by Gasteiger charge is 2.46. The molecule has 3 aliphatic rings. The van der Waals surface area contributed by atoms with Crippen molar-refractivity contribution >= 4 is 21.6 Å². The molecule has 0 amide bonds. The van der Waals surface area contributed by atoms with E-state index in [0.29, 0.717) is 11.7 Å². The standard InChI is InChI=1S/C14H24ClNO2S/c15-12-8-13-6-7-14(9-12)16(13)19(17,18)10-11-4-2-1-3-5-11/h11-14H,1-10H2. The number of piperidine rings is 1. The van der Waals surface area contributed by atoms with Crippen LogP contribution in [0.25, 0.3) is 0 Å². The molecule has 3 nitrogen and oxygen atoms in total. The number of rotatable bonds is 3. The van der Waals surface area contributed by atoms with Gasteiger partial charge in [0.25, 0.3) is 0 Å². The van der Waals surface area contributed by atoms with E-state index in [2.05, 4.69) is 0 Å². The highest BCUT2D eigenvalue weighted by molar-refractivity contribution is 7.89. The van der Waals surface area contributed by atoms with Gasteiger partial charge >= 0.3 is 0 Å². The fraction of sp³-hybridized carbons (Fsp3) is 1.00. The van der Waals surface area contributed by atoms with Crippen LogP contribution in [0.1, 0.15) is 57.8 Å². The van der Waals surface area contributed by atoms with Crippen LogP contribution in [0.4, 0.5) is 0 Å². The maximum absolute atomic E-state index is 12.7. The fourth-order valence-electron chi connectivity index (χ4n) is 4.26. The lowest BCUT2D eigenvalue weighted by Crippen LogP contribution is -2.48. The lowest BCUT2D eigenvalue weighted by atomic mass is 9.91. The number of nitrogens with zero attached hydrogens (tertiary/aromatic N) is 1. The summed E-state index contributed by atoms with van der Waals surface area (Å²) in [5.74, 6) is 0.777. The summed E-state index contributed by atoms with van der Waals surface area (Å²) in [7, 11) is -3.07. The number of hydrogen-bond acceptors (Lipinski definition) is 2. The Labute approximate surface area is 121 Å². The summed E-state index contributed by atoms with van der Waals surface area (Å²) in [6, 6.07) is 0.379. The second kappa shape index (κ2) is 5.53. The van der Waals surface area contributed by atoms with Crippen LogP contribution in [0, 0.1) is 5.92 Å². The maximum atomic E-state index is 12.7. The van der Waals surface area contributed by atoms with Crippen molar-refractivity contribution in [2.45, 2.75) is 75.2 Å². The zero-order chi connectivity index (χ0) is 13.5. The van der Waals surface area contributed by atoms with E-state index in [0.717, 1.165) is 38.5 Å². The third kappa shape index (κ3) is 2.96. The summed E-state index contributed by atoms with van der Waals surface area (Å²) in [6.45, 7) is 0. The first-order chi connectivity index (χ1) is 9.06. The normalized spacial score (nSPS) is 37.6. The molecule has 5 heteroatoms. The Hall–Kier alpha value is 0.200. The molecule has 0 aromatic carbocycles. The Bertz CT molecular complexity index is 405. The van der Waals surface area contributed by atoms with Crippen LogP contribution in [0.15, 0.2) is 0 Å². The predicted molar refractivity (Wildman–Crippen MR) is 77.9 cm³/mol. The Morgan fingerprint density at radius 3 is 2.11 bits per heavy atom. The Morgan fingerprint density at radius 1 is 0.947 bits per heavy atom. The quantitative estimate of drug-likeness (QED) is 0.751. The Morgan fingerprint density at radius 2 is 1.53 bits per heavy atom. The van der Waals surface area contributed by atoms with E-state index in [-0.39, 0.29) is 17.5 Å². The van der Waals surface area contributed by atoms with Crippen molar-refractivity contribution in [1.82, 2.24) is 4.31 Å². The minimum absolute atomic E-state index is 0.179. The van der Waals surface area contributed by atoms with Gasteiger partial charge in [-0.1, -0.05) is 19.3 Å². The topological polar surface area (TPSA) is 37.4 Å². The average Bonchev–Trinajstić information content (AvgIpc) is 2.64. The van der Waals surface area contributed by atoms with Crippen molar-refractivity contribution in [3.63, 3.8) is 0 Å². The van der Waals surface area contributed by atoms with Gasteiger partial charge in [0.15, 0.2) is 0 Å². The molecule has 0 N–H and O–H groups in total. The van der Waals surface area contributed by atoms with E-state index in [9.17, 15) is 8.42 Å². The van der Waals surface area contributed by atoms with Gasteiger partial charge in [-0.15, -0.1) is 11.6 Å². The molecular weight excluding hydrogens is 282 g/mol. The van der Waals surface area contributed by atoms with Gasteiger partial charge in [-0.2, -0.15) is 4.31 Å². The molecule has 3 fully saturated rings. The van der Waals surface area contributed by atoms with Crippen molar-refractivity contribution in [1.29, 1.82) is 0 Å². The van der Waals surface area contributed by atoms with Crippen LogP contribution in [0.5, 0.6) is 0 Å². The lowest BCUT2D eigenvalue weighted by Gasteiger charge is -2.37. The molecule has 110 valence electrons. The Balaban J connectivity index is 1.70. The molecule has 0 radical (unpaired) electrons. The highest BCUT2D eigenvalue weighted by Crippen LogP contribution is 2.40. The minimum atomic E-state index is -3.07. The van der Waals surface area contributed by atoms with Crippen LogP contribution in [-0.2, 0) is 10.0 Å². The van der Waals surface area contributed by atoms with E-state index in [1.54, 1.807) is 0 Å². The summed E-state index contributed by atoms with van der Waals surface area (Å²) >= 11 is 6.23. The first-order valence-corrected chi connectivity index (χ1v) is 9.76. The van der Waals surface area contributed by atoms with Gasteiger partial charge in [0, 0.05) is 17.5 Å². The first-order valence-electron chi connectivity index (χ1n) is 7.71. The van der Waals surface area contributed by atoms with E-state index < -0.39 is 10.0 Å². The summed E-state index contributed by atoms with van der Waals surface area (Å²) in [6.07, 6.45) is 9.60. The molecule has 1 saturated carbocycles. The van der Waals surface area contributed by atoms with Gasteiger partial charge in [0.2, 0.25) is 10.0 Å². The largest absolute Gasteiger partial charge is 0.214 e.